The summed E-state index contributed by atoms with van der Waals surface area (Å²) in [7, 11) is 0. The zero-order valence-corrected chi connectivity index (χ0v) is 30.7. The van der Waals surface area contributed by atoms with Gasteiger partial charge >= 0.3 is 6.18 Å². The number of aliphatic imine (C=N–C) groups is 1. The third-order valence-electron chi connectivity index (χ3n) is 6.39. The average Bonchev–Trinajstić information content (AvgIpc) is 2.94. The topological polar surface area (TPSA) is 24.4 Å². The third kappa shape index (κ3) is 17.4. The molecule has 1 atom stereocenters. The van der Waals surface area contributed by atoms with Crippen LogP contribution in [-0.2, 0) is 0 Å². The maximum absolute atomic E-state index is 13.9. The van der Waals surface area contributed by atoms with Crippen LogP contribution >= 0.6 is 0 Å². The Balaban J connectivity index is 0. The fraction of sp³-hybridized carbons (Fsp3) is 0.425. The molecule has 1 aliphatic rings. The number of alkyl halides is 5. The minimum absolute atomic E-state index is 0.169. The Morgan fingerprint density at radius 2 is 1.52 bits per heavy atom. The second-order valence-electron chi connectivity index (χ2n) is 11.7. The van der Waals surface area contributed by atoms with Crippen LogP contribution in [0.3, 0.4) is 0 Å². The molecule has 48 heavy (non-hydrogen) atoms. The van der Waals surface area contributed by atoms with E-state index in [1.165, 1.54) is 25.5 Å². The molecular weight excluding hydrogens is 622 g/mol. The molecule has 0 radical (unpaired) electrons. The zero-order valence-electron chi connectivity index (χ0n) is 30.7. The molecule has 1 N–H and O–H groups in total. The van der Waals surface area contributed by atoms with Crippen LogP contribution in [0.5, 0.6) is 0 Å². The first-order chi connectivity index (χ1) is 22.2. The molecule has 0 spiro atoms. The quantitative estimate of drug-likeness (QED) is 0.157. The Hall–Kier alpha value is -3.81. The molecule has 8 heteroatoms. The molecule has 0 aromatic heterocycles. The molecule has 0 saturated carbocycles. The van der Waals surface area contributed by atoms with E-state index < -0.39 is 29.5 Å². The summed E-state index contributed by atoms with van der Waals surface area (Å²) in [6.07, 6.45) is 8.72. The fourth-order valence-electron chi connectivity index (χ4n) is 4.32. The van der Waals surface area contributed by atoms with E-state index in [4.69, 9.17) is 0 Å². The highest BCUT2D eigenvalue weighted by atomic mass is 19.4. The predicted octanol–water partition coefficient (Wildman–Crippen LogP) is 13.9. The second-order valence-corrected chi connectivity index (χ2v) is 11.7. The standard InChI is InChI=1S/C19H22F3N.C15H20F3N.C3H8.C3H6/c1-6-11-23-18-12-14(4)8-9-16(18)15(5)17(19(20,21)22)10-7-13(2)3;1-6-13(15(5,17)18)19-11-7-10(4)14(9(2)3)12(16)8-11;2*1-3-2/h6-11H,2,12H2,1,3-5H3;7-8,13,19H,2,6H2,1,3-5H3;3H2,1-2H3;3H,1H2,2H3/b10-7-,11-6-,17-15-,23-18?;;;. The Bertz CT molecular complexity index is 1370. The summed E-state index contributed by atoms with van der Waals surface area (Å²) < 4.78 is 80.7. The van der Waals surface area contributed by atoms with Crippen LogP contribution < -0.4 is 5.32 Å². The first-order valence-corrected chi connectivity index (χ1v) is 16.0. The van der Waals surface area contributed by atoms with Gasteiger partial charge < -0.3 is 5.32 Å². The van der Waals surface area contributed by atoms with Crippen molar-refractivity contribution in [1.82, 2.24) is 0 Å². The van der Waals surface area contributed by atoms with E-state index in [2.05, 4.69) is 43.9 Å². The Morgan fingerprint density at radius 3 is 1.92 bits per heavy atom. The van der Waals surface area contributed by atoms with Gasteiger partial charge in [0.15, 0.2) is 0 Å². The maximum atomic E-state index is 13.9. The number of aryl methyl sites for hydroxylation is 1. The predicted molar refractivity (Wildman–Crippen MR) is 197 cm³/mol. The molecule has 1 aromatic carbocycles. The molecular formula is C40H56F6N2. The van der Waals surface area contributed by atoms with Crippen molar-refractivity contribution in [2.45, 2.75) is 114 Å². The van der Waals surface area contributed by atoms with Gasteiger partial charge in [0, 0.05) is 30.8 Å². The van der Waals surface area contributed by atoms with Gasteiger partial charge in [-0.15, -0.1) is 6.58 Å². The van der Waals surface area contributed by atoms with E-state index >= 15 is 0 Å². The lowest BCUT2D eigenvalue weighted by Crippen LogP contribution is -2.36. The zero-order chi connectivity index (χ0) is 37.8. The van der Waals surface area contributed by atoms with Crippen LogP contribution in [-0.4, -0.2) is 23.9 Å². The van der Waals surface area contributed by atoms with Crippen molar-refractivity contribution in [3.05, 3.63) is 119 Å². The number of rotatable bonds is 9. The van der Waals surface area contributed by atoms with Crippen molar-refractivity contribution in [2.24, 2.45) is 4.99 Å². The Kier molecular flexibility index (Phi) is 21.9. The van der Waals surface area contributed by atoms with E-state index in [0.29, 0.717) is 45.7 Å². The van der Waals surface area contributed by atoms with E-state index in [9.17, 15) is 26.3 Å². The summed E-state index contributed by atoms with van der Waals surface area (Å²) in [5.74, 6) is -3.30. The monoisotopic (exact) mass is 678 g/mol. The molecule has 2 nitrogen and oxygen atoms in total. The first kappa shape index (κ1) is 46.3. The van der Waals surface area contributed by atoms with Gasteiger partial charge in [0.2, 0.25) is 0 Å². The van der Waals surface area contributed by atoms with Gasteiger partial charge in [-0.2, -0.15) is 13.2 Å². The Morgan fingerprint density at radius 1 is 0.979 bits per heavy atom. The number of nitrogens with zero attached hydrogens (tertiary/aromatic N) is 1. The number of allylic oxidation sites excluding steroid dienone is 12. The molecule has 0 bridgehead atoms. The minimum Gasteiger partial charge on any atom is -0.376 e. The molecule has 0 heterocycles. The van der Waals surface area contributed by atoms with E-state index in [1.807, 2.05) is 26.8 Å². The average molecular weight is 679 g/mol. The van der Waals surface area contributed by atoms with Crippen LogP contribution in [0.1, 0.15) is 99.6 Å². The first-order valence-electron chi connectivity index (χ1n) is 16.0. The van der Waals surface area contributed by atoms with Gasteiger partial charge in [-0.1, -0.05) is 81.9 Å². The lowest BCUT2D eigenvalue weighted by Gasteiger charge is -2.25. The smallest absolute Gasteiger partial charge is 0.376 e. The number of halogens is 6. The number of nitrogens with one attached hydrogen (secondary N) is 1. The largest absolute Gasteiger partial charge is 0.416 e. The maximum Gasteiger partial charge on any atom is 0.416 e. The van der Waals surface area contributed by atoms with Crippen molar-refractivity contribution in [3.8, 4) is 0 Å². The van der Waals surface area contributed by atoms with Gasteiger partial charge in [0.1, 0.15) is 5.82 Å². The number of hydrogen-bond acceptors (Lipinski definition) is 2. The molecule has 0 amide bonds. The number of benzene rings is 1. The molecule has 2 rings (SSSR count). The molecule has 0 fully saturated rings. The highest BCUT2D eigenvalue weighted by molar-refractivity contribution is 6.06. The summed E-state index contributed by atoms with van der Waals surface area (Å²) in [5.41, 5.74) is 4.41. The SMILES string of the molecule is C=C(C)/C=C\C(=C(/C)C1=CC=C(C)CC1=N/C=C\C)C(F)(F)F.C=C(C)c1c(C)cc(NC(CC)C(C)(F)F)cc1F.C=CC.CCC. The van der Waals surface area contributed by atoms with Crippen molar-refractivity contribution >= 4 is 17.0 Å². The van der Waals surface area contributed by atoms with Crippen molar-refractivity contribution in [2.75, 3.05) is 5.32 Å². The van der Waals surface area contributed by atoms with E-state index in [-0.39, 0.29) is 12.0 Å². The van der Waals surface area contributed by atoms with Crippen LogP contribution in [0.4, 0.5) is 32.0 Å². The molecule has 1 unspecified atom stereocenters. The Labute approximate surface area is 286 Å². The fourth-order valence-corrected chi connectivity index (χ4v) is 4.32. The van der Waals surface area contributed by atoms with E-state index in [1.54, 1.807) is 58.2 Å². The van der Waals surface area contributed by atoms with E-state index in [0.717, 1.165) is 18.6 Å². The van der Waals surface area contributed by atoms with Gasteiger partial charge in [0.05, 0.1) is 17.3 Å². The normalized spacial score (nSPS) is 15.1. The summed E-state index contributed by atoms with van der Waals surface area (Å²) in [5, 5.41) is 2.70. The molecule has 0 saturated heterocycles. The number of anilines is 1. The summed E-state index contributed by atoms with van der Waals surface area (Å²) >= 11 is 0. The van der Waals surface area contributed by atoms with Crippen LogP contribution in [0.2, 0.25) is 0 Å². The van der Waals surface area contributed by atoms with Gasteiger partial charge in [-0.25, -0.2) is 13.2 Å². The van der Waals surface area contributed by atoms with Crippen LogP contribution in [0, 0.1) is 12.7 Å². The minimum atomic E-state index is -4.43. The van der Waals surface area contributed by atoms with Crippen LogP contribution in [0.15, 0.2) is 107 Å². The van der Waals surface area contributed by atoms with Gasteiger partial charge in [-0.3, -0.25) is 4.99 Å². The third-order valence-corrected chi connectivity index (χ3v) is 6.39. The molecule has 1 aliphatic carbocycles. The molecule has 0 aliphatic heterocycles. The lowest BCUT2D eigenvalue weighted by molar-refractivity contribution is -0.0888. The highest BCUT2D eigenvalue weighted by Crippen LogP contribution is 2.34. The molecule has 1 aromatic rings. The number of hydrogen-bond donors (Lipinski definition) is 1. The van der Waals surface area contributed by atoms with Gasteiger partial charge in [0.25, 0.3) is 5.92 Å². The molecule has 268 valence electrons. The second kappa shape index (κ2) is 22.7. The summed E-state index contributed by atoms with van der Waals surface area (Å²) in [6, 6.07) is 1.90. The summed E-state index contributed by atoms with van der Waals surface area (Å²) in [4.78, 5) is 4.30. The lowest BCUT2D eigenvalue weighted by atomic mass is 9.89. The van der Waals surface area contributed by atoms with Crippen molar-refractivity contribution < 1.29 is 26.3 Å². The highest BCUT2D eigenvalue weighted by Gasteiger charge is 2.35. The van der Waals surface area contributed by atoms with Crippen molar-refractivity contribution in [1.29, 1.82) is 0 Å². The van der Waals surface area contributed by atoms with Crippen molar-refractivity contribution in [3.63, 3.8) is 0 Å². The van der Waals surface area contributed by atoms with Crippen LogP contribution in [0.25, 0.3) is 5.57 Å². The summed E-state index contributed by atoms with van der Waals surface area (Å²) in [6.45, 7) is 29.7. The van der Waals surface area contributed by atoms with Gasteiger partial charge in [-0.05, 0) is 95.4 Å².